The number of ether oxygens (including phenoxy) is 2. The van der Waals surface area contributed by atoms with Gasteiger partial charge in [0, 0.05) is 0 Å². The molecule has 5 atom stereocenters. The molecule has 22 heavy (non-hydrogen) atoms. The maximum Gasteiger partial charge on any atom is 0.329 e. The molecule has 132 valence electrons. The van der Waals surface area contributed by atoms with Crippen LogP contribution in [0.2, 0.25) is 0 Å². The predicted octanol–water partition coefficient (Wildman–Crippen LogP) is -1.40. The quantitative estimate of drug-likeness (QED) is 0.251. The van der Waals surface area contributed by atoms with Crippen molar-refractivity contribution in [3.05, 3.63) is 0 Å². The first-order chi connectivity index (χ1) is 10.2. The summed E-state index contributed by atoms with van der Waals surface area (Å²) in [7, 11) is -5.06. The lowest BCUT2D eigenvalue weighted by atomic mass is 10.1. The van der Waals surface area contributed by atoms with Crippen molar-refractivity contribution in [1.29, 1.82) is 0 Å². The van der Waals surface area contributed by atoms with Crippen LogP contribution in [0, 0.1) is 0 Å². The van der Waals surface area contributed by atoms with Gasteiger partial charge in [0.25, 0.3) is 0 Å². The van der Waals surface area contributed by atoms with Gasteiger partial charge in [-0.2, -0.15) is 8.42 Å². The predicted molar refractivity (Wildman–Crippen MR) is 74.4 cm³/mol. The minimum Gasteiger partial charge on any atom is -0.394 e. The lowest BCUT2D eigenvalue weighted by Crippen LogP contribution is -2.51. The van der Waals surface area contributed by atoms with Gasteiger partial charge in [0.15, 0.2) is 6.10 Å². The maximum atomic E-state index is 11.6. The van der Waals surface area contributed by atoms with Crippen LogP contribution in [0.1, 0.15) is 32.6 Å². The van der Waals surface area contributed by atoms with Crippen LogP contribution in [0.3, 0.4) is 0 Å². The van der Waals surface area contributed by atoms with Gasteiger partial charge in [0.05, 0.1) is 13.2 Å². The monoisotopic (exact) mass is 344 g/mol. The number of aliphatic hydroxyl groups excluding tert-OH is 4. The number of aliphatic hydroxyl groups is 4. The Morgan fingerprint density at radius 1 is 1.27 bits per heavy atom. The average Bonchev–Trinajstić information content (AvgIpc) is 2.72. The van der Waals surface area contributed by atoms with E-state index in [0.717, 1.165) is 19.3 Å². The molecule has 0 aromatic carbocycles. The van der Waals surface area contributed by atoms with Crippen molar-refractivity contribution < 1.29 is 42.9 Å². The molecule has 1 fully saturated rings. The molecule has 1 heterocycles. The largest absolute Gasteiger partial charge is 0.394 e. The highest BCUT2D eigenvalue weighted by Crippen LogP contribution is 2.38. The Hall–Kier alpha value is -0.330. The van der Waals surface area contributed by atoms with E-state index in [1.807, 2.05) is 6.92 Å². The Labute approximate surface area is 129 Å². The first-order valence-electron chi connectivity index (χ1n) is 7.15. The molecule has 0 saturated carbocycles. The van der Waals surface area contributed by atoms with Gasteiger partial charge in [-0.3, -0.25) is 4.55 Å². The van der Waals surface area contributed by atoms with Crippen LogP contribution in [-0.4, -0.2) is 76.1 Å². The van der Waals surface area contributed by atoms with E-state index in [1.165, 1.54) is 0 Å². The minimum absolute atomic E-state index is 0.133. The topological polar surface area (TPSA) is 154 Å². The smallest absolute Gasteiger partial charge is 0.329 e. The van der Waals surface area contributed by atoms with Crippen molar-refractivity contribution in [2.75, 3.05) is 13.2 Å². The van der Waals surface area contributed by atoms with Gasteiger partial charge < -0.3 is 29.9 Å². The molecule has 0 aromatic heterocycles. The molecular weight excluding hydrogens is 320 g/mol. The van der Waals surface area contributed by atoms with Crippen LogP contribution in [0.25, 0.3) is 0 Å². The summed E-state index contributed by atoms with van der Waals surface area (Å²) in [6.45, 7) is 1.03. The summed E-state index contributed by atoms with van der Waals surface area (Å²) in [6, 6.07) is 0. The molecule has 0 spiro atoms. The third-order valence-corrected chi connectivity index (χ3v) is 4.72. The fourth-order valence-electron chi connectivity index (χ4n) is 2.28. The summed E-state index contributed by atoms with van der Waals surface area (Å²) in [6.07, 6.45) is -4.16. The van der Waals surface area contributed by atoms with Crippen molar-refractivity contribution in [3.63, 3.8) is 0 Å². The summed E-state index contributed by atoms with van der Waals surface area (Å²) >= 11 is 0. The summed E-state index contributed by atoms with van der Waals surface area (Å²) < 4.78 is 42.5. The second-order valence-corrected chi connectivity index (χ2v) is 6.77. The van der Waals surface area contributed by atoms with E-state index in [0.29, 0.717) is 6.42 Å². The summed E-state index contributed by atoms with van der Waals surface area (Å²) in [4.78, 5) is 0. The molecule has 0 radical (unpaired) electrons. The summed E-state index contributed by atoms with van der Waals surface area (Å²) in [5, 5.41) is 35.2. The fourth-order valence-corrected chi connectivity index (χ4v) is 3.19. The zero-order chi connectivity index (χ0) is 17.0. The van der Waals surface area contributed by atoms with Crippen molar-refractivity contribution in [1.82, 2.24) is 0 Å². The molecule has 1 aliphatic heterocycles. The fraction of sp³-hybridized carbons (Fsp3) is 1.00. The van der Waals surface area contributed by atoms with E-state index < -0.39 is 46.3 Å². The number of rotatable bonds is 9. The summed E-state index contributed by atoms with van der Waals surface area (Å²) in [5.74, 6) is 0. The van der Waals surface area contributed by atoms with Crippen LogP contribution < -0.4 is 0 Å². The SMILES string of the molecule is CCCCCCO[C@]1(S(=O)(=O)O)O[C@@H]([C@H](O)CO)[C@H](O)[C@H]1O. The molecule has 0 unspecified atom stereocenters. The van der Waals surface area contributed by atoms with E-state index in [9.17, 15) is 28.3 Å². The van der Waals surface area contributed by atoms with Gasteiger partial charge >= 0.3 is 15.2 Å². The zero-order valence-corrected chi connectivity index (χ0v) is 13.1. The highest BCUT2D eigenvalue weighted by Gasteiger charge is 2.64. The van der Waals surface area contributed by atoms with E-state index in [2.05, 4.69) is 0 Å². The highest BCUT2D eigenvalue weighted by molar-refractivity contribution is 7.87. The Balaban J connectivity index is 2.89. The molecular formula is C12H24O9S. The minimum atomic E-state index is -5.06. The van der Waals surface area contributed by atoms with Crippen LogP contribution >= 0.6 is 0 Å². The zero-order valence-electron chi connectivity index (χ0n) is 12.3. The number of unbranched alkanes of at least 4 members (excludes halogenated alkanes) is 3. The highest BCUT2D eigenvalue weighted by atomic mass is 32.2. The maximum absolute atomic E-state index is 11.6. The van der Waals surface area contributed by atoms with Gasteiger partial charge in [-0.15, -0.1) is 0 Å². The lowest BCUT2D eigenvalue weighted by Gasteiger charge is -2.28. The van der Waals surface area contributed by atoms with Gasteiger partial charge in [-0.05, 0) is 6.42 Å². The van der Waals surface area contributed by atoms with Crippen molar-refractivity contribution in [2.45, 2.75) is 62.1 Å². The molecule has 10 heteroatoms. The molecule has 1 saturated heterocycles. The average molecular weight is 344 g/mol. The van der Waals surface area contributed by atoms with Crippen LogP contribution in [0.4, 0.5) is 0 Å². The third-order valence-electron chi connectivity index (χ3n) is 3.55. The van der Waals surface area contributed by atoms with Gasteiger partial charge in [-0.1, -0.05) is 26.2 Å². The number of hydrogen-bond donors (Lipinski definition) is 5. The molecule has 0 aliphatic carbocycles. The van der Waals surface area contributed by atoms with E-state index in [4.69, 9.17) is 14.6 Å². The van der Waals surface area contributed by atoms with Crippen LogP contribution in [0.15, 0.2) is 0 Å². The van der Waals surface area contributed by atoms with Crippen molar-refractivity contribution in [2.24, 2.45) is 0 Å². The third kappa shape index (κ3) is 3.95. The molecule has 0 aromatic rings. The Morgan fingerprint density at radius 2 is 1.91 bits per heavy atom. The molecule has 9 nitrogen and oxygen atoms in total. The van der Waals surface area contributed by atoms with E-state index in [1.54, 1.807) is 0 Å². The molecule has 1 rings (SSSR count). The Kier molecular flexibility index (Phi) is 7.15. The van der Waals surface area contributed by atoms with Crippen LogP contribution in [0.5, 0.6) is 0 Å². The van der Waals surface area contributed by atoms with Gasteiger partial charge in [0.1, 0.15) is 18.3 Å². The van der Waals surface area contributed by atoms with Gasteiger partial charge in [-0.25, -0.2) is 0 Å². The molecule has 1 aliphatic rings. The Morgan fingerprint density at radius 3 is 2.41 bits per heavy atom. The van der Waals surface area contributed by atoms with E-state index >= 15 is 0 Å². The summed E-state index contributed by atoms with van der Waals surface area (Å²) in [5.41, 5.74) is 0. The molecule has 5 N–H and O–H groups in total. The van der Waals surface area contributed by atoms with Crippen molar-refractivity contribution >= 4 is 10.1 Å². The normalized spacial score (nSPS) is 34.0. The van der Waals surface area contributed by atoms with Gasteiger partial charge in [0.2, 0.25) is 0 Å². The first kappa shape index (κ1) is 19.7. The van der Waals surface area contributed by atoms with Crippen LogP contribution in [-0.2, 0) is 19.6 Å². The second-order valence-electron chi connectivity index (χ2n) is 5.26. The van der Waals surface area contributed by atoms with Crippen molar-refractivity contribution in [3.8, 4) is 0 Å². The first-order valence-corrected chi connectivity index (χ1v) is 8.59. The second kappa shape index (κ2) is 7.97. The van der Waals surface area contributed by atoms with E-state index in [-0.39, 0.29) is 6.61 Å². The molecule has 0 amide bonds. The lowest BCUT2D eigenvalue weighted by molar-refractivity contribution is -0.215. The Bertz CT molecular complexity index is 440. The standard InChI is InChI=1S/C12H24O9S/c1-2-3-4-5-6-20-12(22(17,18)19)11(16)9(15)10(21-12)8(14)7-13/h8-11,13-16H,2-7H2,1H3,(H,17,18,19)/t8-,9+,10+,11-,12+/m1/s1. The number of hydrogen-bond acceptors (Lipinski definition) is 8. The molecule has 0 bridgehead atoms.